The summed E-state index contributed by atoms with van der Waals surface area (Å²) < 4.78 is 0. The van der Waals surface area contributed by atoms with Gasteiger partial charge in [0.1, 0.15) is 0 Å². The lowest BCUT2D eigenvalue weighted by Crippen LogP contribution is -2.26. The quantitative estimate of drug-likeness (QED) is 0.896. The highest BCUT2D eigenvalue weighted by Gasteiger charge is 2.25. The zero-order valence-corrected chi connectivity index (χ0v) is 11.6. The molecule has 2 nitrogen and oxygen atoms in total. The van der Waals surface area contributed by atoms with Crippen LogP contribution in [0.2, 0.25) is 0 Å². The average molecular weight is 254 g/mol. The first kappa shape index (κ1) is 12.6. The maximum Gasteiger partial charge on any atom is 0.0702 e. The summed E-state index contributed by atoms with van der Waals surface area (Å²) in [6.45, 7) is 3.38. The van der Waals surface area contributed by atoms with Crippen LogP contribution >= 0.6 is 0 Å². The van der Waals surface area contributed by atoms with Crippen molar-refractivity contribution in [3.8, 4) is 0 Å². The predicted octanol–water partition coefficient (Wildman–Crippen LogP) is 3.87. The third kappa shape index (κ3) is 2.79. The Morgan fingerprint density at radius 2 is 2.16 bits per heavy atom. The van der Waals surface area contributed by atoms with E-state index in [1.54, 1.807) is 0 Å². The molecule has 0 radical (unpaired) electrons. The van der Waals surface area contributed by atoms with Crippen molar-refractivity contribution in [2.24, 2.45) is 0 Å². The van der Waals surface area contributed by atoms with Gasteiger partial charge in [-0.15, -0.1) is 0 Å². The van der Waals surface area contributed by atoms with Crippen molar-refractivity contribution >= 4 is 10.9 Å². The number of nitrogens with zero attached hydrogens (tertiary/aromatic N) is 1. The molecule has 2 atom stereocenters. The van der Waals surface area contributed by atoms with Crippen molar-refractivity contribution in [1.29, 1.82) is 0 Å². The van der Waals surface area contributed by atoms with Gasteiger partial charge in [0.25, 0.3) is 0 Å². The minimum atomic E-state index is 0.687. The van der Waals surface area contributed by atoms with E-state index in [-0.39, 0.29) is 0 Å². The van der Waals surface area contributed by atoms with Gasteiger partial charge in [-0.3, -0.25) is 4.98 Å². The topological polar surface area (TPSA) is 24.9 Å². The number of para-hydroxylation sites is 1. The molecule has 100 valence electrons. The highest BCUT2D eigenvalue weighted by atomic mass is 14.9. The van der Waals surface area contributed by atoms with Crippen LogP contribution in [0, 0.1) is 0 Å². The van der Waals surface area contributed by atoms with E-state index in [9.17, 15) is 0 Å². The molecular formula is C17H22N2. The van der Waals surface area contributed by atoms with Crippen molar-refractivity contribution < 1.29 is 0 Å². The first-order valence-electron chi connectivity index (χ1n) is 7.45. The lowest BCUT2D eigenvalue weighted by molar-refractivity contribution is 0.517. The Kier molecular flexibility index (Phi) is 3.79. The Morgan fingerprint density at radius 1 is 1.26 bits per heavy atom. The van der Waals surface area contributed by atoms with Gasteiger partial charge in [-0.2, -0.15) is 0 Å². The summed E-state index contributed by atoms with van der Waals surface area (Å²) in [6.07, 6.45) is 7.16. The van der Waals surface area contributed by atoms with E-state index in [0.29, 0.717) is 12.0 Å². The fourth-order valence-corrected chi connectivity index (χ4v) is 3.13. The summed E-state index contributed by atoms with van der Waals surface area (Å²) in [5.41, 5.74) is 2.52. The fraction of sp³-hybridized carbons (Fsp3) is 0.471. The molecule has 0 spiro atoms. The molecule has 1 saturated carbocycles. The van der Waals surface area contributed by atoms with Gasteiger partial charge in [-0.05, 0) is 55.8 Å². The van der Waals surface area contributed by atoms with Gasteiger partial charge >= 0.3 is 0 Å². The molecular weight excluding hydrogens is 232 g/mol. The molecule has 1 fully saturated rings. The van der Waals surface area contributed by atoms with E-state index < -0.39 is 0 Å². The Bertz CT molecular complexity index is 550. The van der Waals surface area contributed by atoms with Crippen molar-refractivity contribution in [2.45, 2.75) is 44.6 Å². The van der Waals surface area contributed by atoms with Crippen LogP contribution < -0.4 is 5.32 Å². The van der Waals surface area contributed by atoms with Crippen LogP contribution in [-0.2, 0) is 0 Å². The van der Waals surface area contributed by atoms with Crippen LogP contribution in [0.5, 0.6) is 0 Å². The second-order valence-corrected chi connectivity index (χ2v) is 5.62. The molecule has 0 saturated heterocycles. The molecule has 3 rings (SSSR count). The second kappa shape index (κ2) is 5.70. The van der Waals surface area contributed by atoms with Crippen molar-refractivity contribution in [2.75, 3.05) is 6.54 Å². The molecule has 1 aliphatic rings. The van der Waals surface area contributed by atoms with Gasteiger partial charge in [-0.25, -0.2) is 0 Å². The van der Waals surface area contributed by atoms with Gasteiger partial charge in [0, 0.05) is 17.6 Å². The number of fused-ring (bicyclic) bond motifs is 1. The molecule has 0 bridgehead atoms. The predicted molar refractivity (Wildman–Crippen MR) is 80.4 cm³/mol. The van der Waals surface area contributed by atoms with Crippen molar-refractivity contribution in [3.63, 3.8) is 0 Å². The fourth-order valence-electron chi connectivity index (χ4n) is 3.13. The second-order valence-electron chi connectivity index (χ2n) is 5.62. The van der Waals surface area contributed by atoms with Gasteiger partial charge in [0.05, 0.1) is 5.52 Å². The van der Waals surface area contributed by atoms with E-state index in [2.05, 4.69) is 53.8 Å². The third-order valence-corrected chi connectivity index (χ3v) is 4.20. The number of pyridine rings is 1. The van der Waals surface area contributed by atoms with Crippen LogP contribution in [0.3, 0.4) is 0 Å². The number of aromatic nitrogens is 1. The summed E-state index contributed by atoms with van der Waals surface area (Å²) in [4.78, 5) is 4.59. The largest absolute Gasteiger partial charge is 0.314 e. The average Bonchev–Trinajstić information content (AvgIpc) is 2.93. The summed E-state index contributed by atoms with van der Waals surface area (Å²) in [6, 6.07) is 11.4. The lowest BCUT2D eigenvalue weighted by Gasteiger charge is -2.13. The first-order chi connectivity index (χ1) is 9.36. The Morgan fingerprint density at radius 3 is 3.05 bits per heavy atom. The zero-order chi connectivity index (χ0) is 13.1. The zero-order valence-electron chi connectivity index (χ0n) is 11.6. The molecule has 1 heterocycles. The molecule has 2 aromatic rings. The Balaban J connectivity index is 1.74. The number of benzene rings is 1. The summed E-state index contributed by atoms with van der Waals surface area (Å²) in [5.74, 6) is 0.687. The van der Waals surface area contributed by atoms with E-state index in [4.69, 9.17) is 0 Å². The summed E-state index contributed by atoms with van der Waals surface area (Å²) in [5, 5.41) is 4.92. The van der Waals surface area contributed by atoms with Crippen LogP contribution in [-0.4, -0.2) is 17.6 Å². The Labute approximate surface area is 115 Å². The molecule has 1 aromatic heterocycles. The van der Waals surface area contributed by atoms with E-state index in [0.717, 1.165) is 12.1 Å². The molecule has 19 heavy (non-hydrogen) atoms. The van der Waals surface area contributed by atoms with Gasteiger partial charge in [0.2, 0.25) is 0 Å². The van der Waals surface area contributed by atoms with Crippen molar-refractivity contribution in [1.82, 2.24) is 10.3 Å². The highest BCUT2D eigenvalue weighted by Crippen LogP contribution is 2.35. The number of rotatable bonds is 4. The highest BCUT2D eigenvalue weighted by molar-refractivity contribution is 5.78. The lowest BCUT2D eigenvalue weighted by atomic mass is 9.98. The minimum Gasteiger partial charge on any atom is -0.314 e. The van der Waals surface area contributed by atoms with Crippen LogP contribution in [0.1, 0.15) is 44.1 Å². The maximum atomic E-state index is 4.59. The SMILES string of the molecule is CCCNC1CCC(c2cnc3ccccc3c2)C1. The Hall–Kier alpha value is -1.41. The van der Waals surface area contributed by atoms with Gasteiger partial charge in [-0.1, -0.05) is 25.1 Å². The van der Waals surface area contributed by atoms with Crippen LogP contribution in [0.4, 0.5) is 0 Å². The normalized spacial score (nSPS) is 23.0. The van der Waals surface area contributed by atoms with E-state index >= 15 is 0 Å². The first-order valence-corrected chi connectivity index (χ1v) is 7.45. The van der Waals surface area contributed by atoms with Crippen molar-refractivity contribution in [3.05, 3.63) is 42.1 Å². The maximum absolute atomic E-state index is 4.59. The smallest absolute Gasteiger partial charge is 0.0702 e. The molecule has 1 aromatic carbocycles. The van der Waals surface area contributed by atoms with E-state index in [1.165, 1.54) is 36.6 Å². The monoisotopic (exact) mass is 254 g/mol. The minimum absolute atomic E-state index is 0.687. The molecule has 0 amide bonds. The molecule has 1 aliphatic carbocycles. The van der Waals surface area contributed by atoms with Crippen LogP contribution in [0.15, 0.2) is 36.5 Å². The third-order valence-electron chi connectivity index (χ3n) is 4.20. The summed E-state index contributed by atoms with van der Waals surface area (Å²) >= 11 is 0. The number of nitrogens with one attached hydrogen (secondary N) is 1. The standard InChI is InChI=1S/C17H22N2/c1-2-9-18-16-8-7-13(11-16)15-10-14-5-3-4-6-17(14)19-12-15/h3-6,10,12-13,16,18H,2,7-9,11H2,1H3. The number of hydrogen-bond donors (Lipinski definition) is 1. The van der Waals surface area contributed by atoms with Crippen LogP contribution in [0.25, 0.3) is 10.9 Å². The molecule has 1 N–H and O–H groups in total. The summed E-state index contributed by atoms with van der Waals surface area (Å²) in [7, 11) is 0. The number of hydrogen-bond acceptors (Lipinski definition) is 2. The molecule has 2 heteroatoms. The van der Waals surface area contributed by atoms with Gasteiger partial charge in [0.15, 0.2) is 0 Å². The van der Waals surface area contributed by atoms with E-state index in [1.807, 2.05) is 0 Å². The molecule has 2 unspecified atom stereocenters. The molecule has 0 aliphatic heterocycles. The van der Waals surface area contributed by atoms with Gasteiger partial charge < -0.3 is 5.32 Å².